The molecule has 3 aromatic rings. The molecule has 0 aliphatic carbocycles. The third kappa shape index (κ3) is 4.10. The van der Waals surface area contributed by atoms with Gasteiger partial charge >= 0.3 is 0 Å². The van der Waals surface area contributed by atoms with E-state index >= 15 is 0 Å². The van der Waals surface area contributed by atoms with Crippen molar-refractivity contribution in [2.75, 3.05) is 13.3 Å². The number of hydrogen-bond donors (Lipinski definition) is 1. The smallest absolute Gasteiger partial charge is 0.251 e. The number of hydrogen-bond acceptors (Lipinski definition) is 6. The van der Waals surface area contributed by atoms with E-state index in [0.717, 1.165) is 0 Å². The summed E-state index contributed by atoms with van der Waals surface area (Å²) in [6.45, 7) is -0.0350. The number of aromatic nitrogens is 1. The number of fused-ring (bicyclic) bond motifs is 1. The van der Waals surface area contributed by atoms with E-state index in [9.17, 15) is 13.2 Å². The van der Waals surface area contributed by atoms with Gasteiger partial charge in [-0.15, -0.1) is 0 Å². The van der Waals surface area contributed by atoms with Crippen LogP contribution in [0, 0.1) is 0 Å². The molecule has 7 nitrogen and oxygen atoms in total. The fourth-order valence-electron chi connectivity index (χ4n) is 3.09. The molecule has 1 amide bonds. The van der Waals surface area contributed by atoms with Crippen molar-refractivity contribution in [1.29, 1.82) is 0 Å². The number of sulfone groups is 1. The number of rotatable bonds is 6. The van der Waals surface area contributed by atoms with Crippen molar-refractivity contribution >= 4 is 27.3 Å². The Bertz CT molecular complexity index is 1170. The number of nitrogens with one attached hydrogen (secondary N) is 1. The molecule has 0 saturated carbocycles. The van der Waals surface area contributed by atoms with Gasteiger partial charge in [0.2, 0.25) is 6.79 Å². The lowest BCUT2D eigenvalue weighted by atomic mass is 10.1. The summed E-state index contributed by atoms with van der Waals surface area (Å²) in [6.07, 6.45) is 3.03. The van der Waals surface area contributed by atoms with Gasteiger partial charge < -0.3 is 14.8 Å². The van der Waals surface area contributed by atoms with E-state index in [1.807, 2.05) is 0 Å². The van der Waals surface area contributed by atoms with Crippen molar-refractivity contribution in [1.82, 2.24) is 10.3 Å². The van der Waals surface area contributed by atoms with Crippen molar-refractivity contribution in [3.8, 4) is 11.5 Å². The van der Waals surface area contributed by atoms with Gasteiger partial charge in [0, 0.05) is 29.5 Å². The molecule has 1 atom stereocenters. The van der Waals surface area contributed by atoms with Crippen molar-refractivity contribution in [3.63, 3.8) is 0 Å². The molecule has 1 unspecified atom stereocenters. The molecule has 9 heteroatoms. The highest BCUT2D eigenvalue weighted by atomic mass is 35.5. The van der Waals surface area contributed by atoms with E-state index in [2.05, 4.69) is 10.3 Å². The van der Waals surface area contributed by atoms with Crippen LogP contribution in [0.25, 0.3) is 0 Å². The molecule has 30 heavy (non-hydrogen) atoms. The Balaban J connectivity index is 1.59. The standard InChI is InChI=1S/C21H17ClN2O5S/c22-16-4-6-17(7-5-16)30(26,27)20(15-2-1-9-23-11-15)12-24-21(25)14-3-8-18-19(10-14)29-13-28-18/h1-11,20H,12-13H2,(H,24,25). The first-order valence-electron chi connectivity index (χ1n) is 9.02. The number of ether oxygens (including phenoxy) is 2. The largest absolute Gasteiger partial charge is 0.454 e. The third-order valence-electron chi connectivity index (χ3n) is 4.66. The van der Waals surface area contributed by atoms with Gasteiger partial charge in [-0.1, -0.05) is 17.7 Å². The van der Waals surface area contributed by atoms with Gasteiger partial charge in [0.25, 0.3) is 5.91 Å². The van der Waals surface area contributed by atoms with Crippen LogP contribution in [0.5, 0.6) is 11.5 Å². The second-order valence-corrected chi connectivity index (χ2v) is 9.12. The highest BCUT2D eigenvalue weighted by Crippen LogP contribution is 2.33. The van der Waals surface area contributed by atoms with Crippen LogP contribution in [0.4, 0.5) is 0 Å². The fraction of sp³-hybridized carbons (Fsp3) is 0.143. The van der Waals surface area contributed by atoms with Gasteiger partial charge in [-0.05, 0) is 54.1 Å². The van der Waals surface area contributed by atoms with Crippen molar-refractivity contribution in [2.24, 2.45) is 0 Å². The number of nitrogens with zero attached hydrogens (tertiary/aromatic N) is 1. The first-order chi connectivity index (χ1) is 14.4. The van der Waals surface area contributed by atoms with Crippen LogP contribution in [0.3, 0.4) is 0 Å². The quantitative estimate of drug-likeness (QED) is 0.626. The molecule has 1 aliphatic heterocycles. The van der Waals surface area contributed by atoms with Gasteiger partial charge in [-0.2, -0.15) is 0 Å². The Morgan fingerprint density at radius 3 is 2.60 bits per heavy atom. The maximum Gasteiger partial charge on any atom is 0.251 e. The SMILES string of the molecule is O=C(NCC(c1cccnc1)S(=O)(=O)c1ccc(Cl)cc1)c1ccc2c(c1)OCO2. The zero-order chi connectivity index (χ0) is 21.1. The van der Waals surface area contributed by atoms with Crippen LogP contribution >= 0.6 is 11.6 Å². The minimum atomic E-state index is -3.82. The monoisotopic (exact) mass is 444 g/mol. The molecule has 0 spiro atoms. The van der Waals surface area contributed by atoms with Crippen LogP contribution in [-0.2, 0) is 9.84 Å². The first kappa shape index (κ1) is 20.2. The molecule has 0 radical (unpaired) electrons. The van der Waals surface area contributed by atoms with E-state index in [1.165, 1.54) is 30.5 Å². The van der Waals surface area contributed by atoms with Gasteiger partial charge in [0.15, 0.2) is 21.3 Å². The number of carbonyl (C=O) groups excluding carboxylic acids is 1. The van der Waals surface area contributed by atoms with Crippen molar-refractivity contribution in [3.05, 3.63) is 83.1 Å². The van der Waals surface area contributed by atoms with E-state index in [-0.39, 0.29) is 18.2 Å². The molecule has 1 N–H and O–H groups in total. The van der Waals surface area contributed by atoms with E-state index in [1.54, 1.807) is 36.5 Å². The lowest BCUT2D eigenvalue weighted by Crippen LogP contribution is -2.32. The average molecular weight is 445 g/mol. The molecule has 1 aliphatic rings. The minimum absolute atomic E-state index is 0.100. The molecular formula is C21H17ClN2O5S. The molecule has 154 valence electrons. The lowest BCUT2D eigenvalue weighted by Gasteiger charge is -2.19. The molecular weight excluding hydrogens is 428 g/mol. The minimum Gasteiger partial charge on any atom is -0.454 e. The van der Waals surface area contributed by atoms with Crippen molar-refractivity contribution in [2.45, 2.75) is 10.1 Å². The topological polar surface area (TPSA) is 94.6 Å². The zero-order valence-corrected chi connectivity index (χ0v) is 17.2. The second kappa shape index (κ2) is 8.33. The summed E-state index contributed by atoms with van der Waals surface area (Å²) >= 11 is 5.89. The zero-order valence-electron chi connectivity index (χ0n) is 15.6. The number of pyridine rings is 1. The summed E-state index contributed by atoms with van der Waals surface area (Å²) in [5, 5.41) is 2.12. The van der Waals surface area contributed by atoms with Crippen LogP contribution in [0.1, 0.15) is 21.2 Å². The number of halogens is 1. The maximum absolute atomic E-state index is 13.3. The highest BCUT2D eigenvalue weighted by molar-refractivity contribution is 7.91. The fourth-order valence-corrected chi connectivity index (χ4v) is 4.86. The Morgan fingerprint density at radius 2 is 1.87 bits per heavy atom. The summed E-state index contributed by atoms with van der Waals surface area (Å²) < 4.78 is 37.1. The lowest BCUT2D eigenvalue weighted by molar-refractivity contribution is 0.0953. The van der Waals surface area contributed by atoms with Crippen LogP contribution < -0.4 is 14.8 Å². The Kier molecular flexibility index (Phi) is 5.61. The predicted molar refractivity (Wildman–Crippen MR) is 111 cm³/mol. The molecule has 1 aromatic heterocycles. The average Bonchev–Trinajstić information content (AvgIpc) is 3.22. The van der Waals surface area contributed by atoms with E-state index in [0.29, 0.717) is 27.6 Å². The van der Waals surface area contributed by atoms with Crippen LogP contribution in [-0.4, -0.2) is 32.6 Å². The van der Waals surface area contributed by atoms with Gasteiger partial charge in [-0.3, -0.25) is 9.78 Å². The van der Waals surface area contributed by atoms with Crippen LogP contribution in [0.15, 0.2) is 71.9 Å². The predicted octanol–water partition coefficient (Wildman–Crippen LogP) is 3.41. The van der Waals surface area contributed by atoms with Gasteiger partial charge in [0.05, 0.1) is 4.90 Å². The first-order valence-corrected chi connectivity index (χ1v) is 10.9. The molecule has 4 rings (SSSR count). The summed E-state index contributed by atoms with van der Waals surface area (Å²) in [7, 11) is -3.82. The second-order valence-electron chi connectivity index (χ2n) is 6.55. The number of amides is 1. The summed E-state index contributed by atoms with van der Waals surface area (Å²) in [6, 6.07) is 14.0. The summed E-state index contributed by atoms with van der Waals surface area (Å²) in [5.74, 6) is 0.610. The van der Waals surface area contributed by atoms with Gasteiger partial charge in [0.1, 0.15) is 5.25 Å². The van der Waals surface area contributed by atoms with E-state index < -0.39 is 21.0 Å². The van der Waals surface area contributed by atoms with E-state index in [4.69, 9.17) is 21.1 Å². The molecule has 0 fully saturated rings. The summed E-state index contributed by atoms with van der Waals surface area (Å²) in [4.78, 5) is 16.8. The van der Waals surface area contributed by atoms with Gasteiger partial charge in [-0.25, -0.2) is 8.42 Å². The normalized spacial score (nSPS) is 13.6. The Labute approximate surface area is 178 Å². The molecule has 0 saturated heterocycles. The molecule has 2 heterocycles. The molecule has 0 bridgehead atoms. The number of benzene rings is 2. The number of carbonyl (C=O) groups is 1. The van der Waals surface area contributed by atoms with Crippen LogP contribution in [0.2, 0.25) is 5.02 Å². The Hall–Kier alpha value is -3.10. The van der Waals surface area contributed by atoms with Crippen molar-refractivity contribution < 1.29 is 22.7 Å². The summed E-state index contributed by atoms with van der Waals surface area (Å²) in [5.41, 5.74) is 0.812. The molecule has 2 aromatic carbocycles. The highest BCUT2D eigenvalue weighted by Gasteiger charge is 2.30. The Morgan fingerprint density at radius 1 is 1.10 bits per heavy atom. The maximum atomic E-state index is 13.3. The third-order valence-corrected chi connectivity index (χ3v) is 7.02.